The number of methoxy groups -OCH3 is 1. The zero-order valence-electron chi connectivity index (χ0n) is 13.6. The van der Waals surface area contributed by atoms with E-state index in [0.717, 1.165) is 21.9 Å². The minimum absolute atomic E-state index is 0.417. The van der Waals surface area contributed by atoms with E-state index in [9.17, 15) is 4.79 Å². The van der Waals surface area contributed by atoms with Crippen LogP contribution in [0.2, 0.25) is 0 Å². The lowest BCUT2D eigenvalue weighted by Gasteiger charge is -2.10. The van der Waals surface area contributed by atoms with E-state index in [2.05, 4.69) is 5.16 Å². The van der Waals surface area contributed by atoms with Crippen LogP contribution in [-0.2, 0) is 9.63 Å². The summed E-state index contributed by atoms with van der Waals surface area (Å²) < 4.78 is 5.50. The first-order valence-electron chi connectivity index (χ1n) is 7.90. The lowest BCUT2D eigenvalue weighted by atomic mass is 9.97. The van der Waals surface area contributed by atoms with Gasteiger partial charge in [0.25, 0.3) is 0 Å². The smallest absolute Gasteiger partial charge is 0.368 e. The van der Waals surface area contributed by atoms with Crippen LogP contribution in [0.1, 0.15) is 11.1 Å². The monoisotopic (exact) mass is 329 g/mol. The van der Waals surface area contributed by atoms with E-state index in [0.29, 0.717) is 17.0 Å². The molecule has 25 heavy (non-hydrogen) atoms. The Bertz CT molecular complexity index is 1020. The van der Waals surface area contributed by atoms with Crippen LogP contribution in [0.5, 0.6) is 5.75 Å². The van der Waals surface area contributed by atoms with Gasteiger partial charge in [-0.05, 0) is 22.9 Å². The van der Waals surface area contributed by atoms with Gasteiger partial charge in [-0.3, -0.25) is 0 Å². The fourth-order valence-corrected chi connectivity index (χ4v) is 2.96. The Hall–Kier alpha value is -3.40. The molecule has 4 heteroatoms. The van der Waals surface area contributed by atoms with Crippen LogP contribution in [0.15, 0.2) is 77.5 Å². The highest BCUT2D eigenvalue weighted by atomic mass is 16.7. The first kappa shape index (κ1) is 15.1. The fourth-order valence-electron chi connectivity index (χ4n) is 2.96. The predicted molar refractivity (Wildman–Crippen MR) is 97.5 cm³/mol. The third-order valence-corrected chi connectivity index (χ3v) is 4.18. The van der Waals surface area contributed by atoms with Crippen molar-refractivity contribution in [3.63, 3.8) is 0 Å². The van der Waals surface area contributed by atoms with Crippen LogP contribution >= 0.6 is 0 Å². The molecular weight excluding hydrogens is 314 g/mol. The Morgan fingerprint density at radius 1 is 0.960 bits per heavy atom. The normalized spacial score (nSPS) is 15.3. The average molecular weight is 329 g/mol. The molecule has 1 heterocycles. The predicted octanol–water partition coefficient (Wildman–Crippen LogP) is 4.19. The van der Waals surface area contributed by atoms with Crippen LogP contribution < -0.4 is 4.74 Å². The molecule has 0 N–H and O–H groups in total. The van der Waals surface area contributed by atoms with E-state index in [1.807, 2.05) is 66.7 Å². The van der Waals surface area contributed by atoms with Gasteiger partial charge in [0.05, 0.1) is 12.7 Å². The summed E-state index contributed by atoms with van der Waals surface area (Å²) in [5.74, 6) is 0.229. The maximum absolute atomic E-state index is 12.3. The van der Waals surface area contributed by atoms with Gasteiger partial charge in [-0.25, -0.2) is 4.79 Å². The number of ether oxygens (including phenoxy) is 1. The highest BCUT2D eigenvalue weighted by Crippen LogP contribution is 2.31. The summed E-state index contributed by atoms with van der Waals surface area (Å²) in [6, 6.07) is 21.4. The van der Waals surface area contributed by atoms with Gasteiger partial charge in [-0.2, -0.15) is 0 Å². The molecule has 0 amide bonds. The van der Waals surface area contributed by atoms with Crippen molar-refractivity contribution < 1.29 is 14.4 Å². The highest BCUT2D eigenvalue weighted by molar-refractivity contribution is 6.31. The minimum atomic E-state index is -0.464. The van der Waals surface area contributed by atoms with Crippen molar-refractivity contribution in [3.05, 3.63) is 83.4 Å². The molecule has 0 fully saturated rings. The van der Waals surface area contributed by atoms with Gasteiger partial charge >= 0.3 is 5.97 Å². The first-order valence-corrected chi connectivity index (χ1v) is 7.90. The van der Waals surface area contributed by atoms with E-state index in [1.165, 1.54) is 0 Å². The van der Waals surface area contributed by atoms with Gasteiger partial charge in [0, 0.05) is 11.1 Å². The quantitative estimate of drug-likeness (QED) is 0.535. The largest absolute Gasteiger partial charge is 0.496 e. The lowest BCUT2D eigenvalue weighted by molar-refractivity contribution is -0.136. The molecule has 1 aliphatic heterocycles. The summed E-state index contributed by atoms with van der Waals surface area (Å²) in [5, 5.41) is 6.03. The summed E-state index contributed by atoms with van der Waals surface area (Å²) in [4.78, 5) is 17.2. The number of benzene rings is 3. The topological polar surface area (TPSA) is 47.9 Å². The third kappa shape index (κ3) is 2.68. The van der Waals surface area contributed by atoms with Gasteiger partial charge in [0.1, 0.15) is 11.5 Å². The molecule has 1 aliphatic rings. The van der Waals surface area contributed by atoms with Crippen LogP contribution in [0.3, 0.4) is 0 Å². The molecule has 3 aromatic carbocycles. The second kappa shape index (κ2) is 6.24. The molecule has 4 rings (SSSR count). The zero-order valence-corrected chi connectivity index (χ0v) is 13.6. The van der Waals surface area contributed by atoms with Crippen molar-refractivity contribution in [2.24, 2.45) is 5.16 Å². The van der Waals surface area contributed by atoms with Crippen molar-refractivity contribution in [1.29, 1.82) is 0 Å². The maximum Gasteiger partial charge on any atom is 0.368 e. The van der Waals surface area contributed by atoms with Crippen molar-refractivity contribution in [2.75, 3.05) is 7.11 Å². The molecule has 0 spiro atoms. The number of hydrogen-bond acceptors (Lipinski definition) is 4. The van der Waals surface area contributed by atoms with E-state index in [-0.39, 0.29) is 0 Å². The van der Waals surface area contributed by atoms with E-state index in [4.69, 9.17) is 9.57 Å². The van der Waals surface area contributed by atoms with E-state index in [1.54, 1.807) is 13.2 Å². The first-order chi connectivity index (χ1) is 12.3. The Morgan fingerprint density at radius 2 is 1.72 bits per heavy atom. The second-order valence-electron chi connectivity index (χ2n) is 5.65. The molecular formula is C21H15NO3. The maximum atomic E-state index is 12.3. The van der Waals surface area contributed by atoms with Gasteiger partial charge in [-0.15, -0.1) is 0 Å². The number of carbonyl (C=O) groups is 1. The van der Waals surface area contributed by atoms with Crippen molar-refractivity contribution in [2.45, 2.75) is 0 Å². The van der Waals surface area contributed by atoms with Crippen LogP contribution in [0.4, 0.5) is 0 Å². The molecule has 0 aromatic heterocycles. The number of rotatable bonds is 3. The molecule has 122 valence electrons. The standard InChI is InChI=1S/C21H15NO3/c1-24-19-12-11-14-7-5-6-10-16(14)17(19)13-18-20(22-25-21(18)23)15-8-3-2-4-9-15/h2-13H,1H3/b18-13-. The number of hydrogen-bond donors (Lipinski definition) is 0. The summed E-state index contributed by atoms with van der Waals surface area (Å²) in [6.07, 6.45) is 1.79. The van der Waals surface area contributed by atoms with Gasteiger partial charge in [0.2, 0.25) is 0 Å². The Morgan fingerprint density at radius 3 is 2.52 bits per heavy atom. The Labute approximate surface area is 145 Å². The number of oxime groups is 1. The Kier molecular flexibility index (Phi) is 3.78. The molecule has 0 radical (unpaired) electrons. The molecule has 0 saturated heterocycles. The average Bonchev–Trinajstić information content (AvgIpc) is 3.03. The molecule has 0 saturated carbocycles. The molecule has 0 bridgehead atoms. The number of carbonyl (C=O) groups excluding carboxylic acids is 1. The fraction of sp³-hybridized carbons (Fsp3) is 0.0476. The molecule has 3 aromatic rings. The highest BCUT2D eigenvalue weighted by Gasteiger charge is 2.27. The van der Waals surface area contributed by atoms with Gasteiger partial charge < -0.3 is 9.57 Å². The lowest BCUT2D eigenvalue weighted by Crippen LogP contribution is -2.07. The van der Waals surface area contributed by atoms with Crippen molar-refractivity contribution in [3.8, 4) is 5.75 Å². The minimum Gasteiger partial charge on any atom is -0.496 e. The molecule has 4 nitrogen and oxygen atoms in total. The summed E-state index contributed by atoms with van der Waals surface area (Å²) in [7, 11) is 1.62. The third-order valence-electron chi connectivity index (χ3n) is 4.18. The van der Waals surface area contributed by atoms with Crippen LogP contribution in [-0.4, -0.2) is 18.8 Å². The van der Waals surface area contributed by atoms with Crippen molar-refractivity contribution >= 4 is 28.5 Å². The number of fused-ring (bicyclic) bond motifs is 1. The van der Waals surface area contributed by atoms with Crippen LogP contribution in [0.25, 0.3) is 16.8 Å². The Balaban J connectivity index is 1.91. The summed E-state index contributed by atoms with van der Waals surface area (Å²) in [6.45, 7) is 0. The summed E-state index contributed by atoms with van der Waals surface area (Å²) >= 11 is 0. The number of nitrogens with zero attached hydrogens (tertiary/aromatic N) is 1. The molecule has 0 unspecified atom stereocenters. The van der Waals surface area contributed by atoms with E-state index >= 15 is 0 Å². The van der Waals surface area contributed by atoms with Gasteiger partial charge in [-0.1, -0.05) is 65.8 Å². The van der Waals surface area contributed by atoms with Crippen molar-refractivity contribution in [1.82, 2.24) is 0 Å². The summed E-state index contributed by atoms with van der Waals surface area (Å²) in [5.41, 5.74) is 2.61. The van der Waals surface area contributed by atoms with E-state index < -0.39 is 5.97 Å². The SMILES string of the molecule is COc1ccc2ccccc2c1/C=C1\C(=O)ON=C1c1ccccc1. The second-order valence-corrected chi connectivity index (χ2v) is 5.65. The van der Waals surface area contributed by atoms with Crippen LogP contribution in [0, 0.1) is 0 Å². The molecule has 0 aliphatic carbocycles. The zero-order chi connectivity index (χ0) is 17.2. The van der Waals surface area contributed by atoms with Gasteiger partial charge in [0.15, 0.2) is 0 Å². The molecule has 0 atom stereocenters.